The van der Waals surface area contributed by atoms with Gasteiger partial charge in [-0.2, -0.15) is 0 Å². The third-order valence-electron chi connectivity index (χ3n) is 2.06. The minimum absolute atomic E-state index is 0.177. The van der Waals surface area contributed by atoms with Crippen molar-refractivity contribution in [2.75, 3.05) is 5.32 Å². The topological polar surface area (TPSA) is 97.1 Å². The average molecular weight is 250 g/mol. The van der Waals surface area contributed by atoms with Crippen LogP contribution in [0.3, 0.4) is 0 Å². The van der Waals surface area contributed by atoms with Gasteiger partial charge in [0.2, 0.25) is 5.91 Å². The molecule has 0 atom stereocenters. The molecule has 2 aromatic rings. The van der Waals surface area contributed by atoms with E-state index in [4.69, 9.17) is 5.84 Å². The molecule has 1 aromatic heterocycles. The quantitative estimate of drug-likeness (QED) is 0.418. The molecule has 0 saturated heterocycles. The fourth-order valence-corrected chi connectivity index (χ4v) is 2.30. The maximum atomic E-state index is 11.3. The normalized spacial score (nSPS) is 10.2. The van der Waals surface area contributed by atoms with Crippen LogP contribution < -0.4 is 16.6 Å². The zero-order valence-corrected chi connectivity index (χ0v) is 9.80. The largest absolute Gasteiger partial charge is 0.302 e. The summed E-state index contributed by atoms with van der Waals surface area (Å²) in [4.78, 5) is 26.4. The number of amides is 2. The molecule has 4 N–H and O–H groups in total. The second-order valence-corrected chi connectivity index (χ2v) is 4.39. The molecule has 0 aliphatic heterocycles. The van der Waals surface area contributed by atoms with E-state index in [0.717, 1.165) is 10.2 Å². The van der Waals surface area contributed by atoms with Crippen LogP contribution in [0.2, 0.25) is 0 Å². The van der Waals surface area contributed by atoms with Crippen LogP contribution in [0, 0.1) is 0 Å². The lowest BCUT2D eigenvalue weighted by molar-refractivity contribution is -0.114. The monoisotopic (exact) mass is 250 g/mol. The van der Waals surface area contributed by atoms with Crippen molar-refractivity contribution in [3.8, 4) is 0 Å². The molecule has 0 radical (unpaired) electrons. The van der Waals surface area contributed by atoms with Crippen molar-refractivity contribution in [2.24, 2.45) is 5.84 Å². The fourth-order valence-electron chi connectivity index (χ4n) is 1.35. The number of benzene rings is 1. The molecular weight excluding hydrogens is 240 g/mol. The lowest BCUT2D eigenvalue weighted by Crippen LogP contribution is -2.29. The van der Waals surface area contributed by atoms with Crippen molar-refractivity contribution in [2.45, 2.75) is 6.92 Å². The number of fused-ring (bicyclic) bond motifs is 1. The highest BCUT2D eigenvalue weighted by molar-refractivity contribution is 7.22. The second kappa shape index (κ2) is 4.48. The number of carbonyl (C=O) groups excluding carboxylic acids is 2. The average Bonchev–Trinajstić information content (AvgIpc) is 2.67. The summed E-state index contributed by atoms with van der Waals surface area (Å²) >= 11 is 1.30. The highest BCUT2D eigenvalue weighted by Crippen LogP contribution is 2.26. The highest BCUT2D eigenvalue weighted by Gasteiger charge is 2.08. The summed E-state index contributed by atoms with van der Waals surface area (Å²) in [6, 6.07) is 5.02. The van der Waals surface area contributed by atoms with Gasteiger partial charge in [-0.25, -0.2) is 10.8 Å². The van der Waals surface area contributed by atoms with E-state index in [9.17, 15) is 9.59 Å². The van der Waals surface area contributed by atoms with Crippen LogP contribution in [-0.4, -0.2) is 16.8 Å². The van der Waals surface area contributed by atoms with Crippen LogP contribution in [0.15, 0.2) is 18.2 Å². The van der Waals surface area contributed by atoms with Crippen LogP contribution in [0.4, 0.5) is 5.13 Å². The van der Waals surface area contributed by atoms with Crippen molar-refractivity contribution >= 4 is 38.5 Å². The summed E-state index contributed by atoms with van der Waals surface area (Å²) in [6.45, 7) is 1.42. The van der Waals surface area contributed by atoms with Crippen LogP contribution in [0.1, 0.15) is 17.3 Å². The lowest BCUT2D eigenvalue weighted by atomic mass is 10.2. The highest BCUT2D eigenvalue weighted by atomic mass is 32.1. The van der Waals surface area contributed by atoms with Crippen LogP contribution in [-0.2, 0) is 4.79 Å². The van der Waals surface area contributed by atoms with Crippen molar-refractivity contribution in [1.29, 1.82) is 0 Å². The minimum Gasteiger partial charge on any atom is -0.302 e. The Labute approximate surface area is 101 Å². The van der Waals surface area contributed by atoms with Crippen molar-refractivity contribution in [1.82, 2.24) is 10.4 Å². The van der Waals surface area contributed by atoms with Gasteiger partial charge >= 0.3 is 0 Å². The standard InChI is InChI=1S/C10H10N4O2S/c1-5(15)12-10-13-7-3-2-6(9(16)14-11)4-8(7)17-10/h2-4H,11H2,1H3,(H,14,16)(H,12,13,15). The predicted octanol–water partition coefficient (Wildman–Crippen LogP) is 0.858. The number of nitrogens with one attached hydrogen (secondary N) is 2. The molecule has 0 fully saturated rings. The van der Waals surface area contributed by atoms with Crippen molar-refractivity contribution < 1.29 is 9.59 Å². The third kappa shape index (κ3) is 2.40. The number of rotatable bonds is 2. The molecule has 88 valence electrons. The first-order chi connectivity index (χ1) is 8.10. The van der Waals surface area contributed by atoms with E-state index >= 15 is 0 Å². The number of hydrazine groups is 1. The SMILES string of the molecule is CC(=O)Nc1nc2ccc(C(=O)NN)cc2s1. The van der Waals surface area contributed by atoms with Gasteiger partial charge < -0.3 is 5.32 Å². The first kappa shape index (κ1) is 11.5. The van der Waals surface area contributed by atoms with E-state index in [2.05, 4.69) is 15.7 Å². The number of anilines is 1. The molecule has 7 heteroatoms. The molecule has 2 rings (SSSR count). The number of carbonyl (C=O) groups is 2. The Hall–Kier alpha value is -1.99. The molecule has 0 unspecified atom stereocenters. The van der Waals surface area contributed by atoms with E-state index in [1.54, 1.807) is 18.2 Å². The fraction of sp³-hybridized carbons (Fsp3) is 0.100. The van der Waals surface area contributed by atoms with Crippen LogP contribution in [0.25, 0.3) is 10.2 Å². The second-order valence-electron chi connectivity index (χ2n) is 3.36. The van der Waals surface area contributed by atoms with Crippen LogP contribution >= 0.6 is 11.3 Å². The first-order valence-electron chi connectivity index (χ1n) is 4.79. The summed E-state index contributed by atoms with van der Waals surface area (Å²) in [5, 5.41) is 3.11. The zero-order chi connectivity index (χ0) is 12.4. The van der Waals surface area contributed by atoms with E-state index < -0.39 is 0 Å². The van der Waals surface area contributed by atoms with E-state index in [-0.39, 0.29) is 11.8 Å². The Kier molecular flexibility index (Phi) is 3.03. The van der Waals surface area contributed by atoms with E-state index in [1.165, 1.54) is 18.3 Å². The van der Waals surface area contributed by atoms with Crippen molar-refractivity contribution in [3.05, 3.63) is 23.8 Å². The molecular formula is C10H10N4O2S. The van der Waals surface area contributed by atoms with Gasteiger partial charge in [-0.05, 0) is 18.2 Å². The molecule has 1 aromatic carbocycles. The Morgan fingerprint density at radius 3 is 2.82 bits per heavy atom. The van der Waals surface area contributed by atoms with Gasteiger partial charge in [0.05, 0.1) is 10.2 Å². The third-order valence-corrected chi connectivity index (χ3v) is 3.00. The molecule has 0 aliphatic carbocycles. The zero-order valence-electron chi connectivity index (χ0n) is 8.98. The Morgan fingerprint density at radius 1 is 1.41 bits per heavy atom. The molecule has 1 heterocycles. The number of nitrogen functional groups attached to an aromatic ring is 1. The van der Waals surface area contributed by atoms with Gasteiger partial charge in [-0.1, -0.05) is 11.3 Å². The molecule has 17 heavy (non-hydrogen) atoms. The maximum Gasteiger partial charge on any atom is 0.265 e. The first-order valence-corrected chi connectivity index (χ1v) is 5.61. The van der Waals surface area contributed by atoms with Gasteiger partial charge in [0.25, 0.3) is 5.91 Å². The number of thiazole rings is 1. The van der Waals surface area contributed by atoms with Crippen molar-refractivity contribution in [3.63, 3.8) is 0 Å². The molecule has 0 spiro atoms. The number of hydrogen-bond donors (Lipinski definition) is 3. The van der Waals surface area contributed by atoms with E-state index in [0.29, 0.717) is 10.7 Å². The smallest absolute Gasteiger partial charge is 0.265 e. The Bertz CT molecular complexity index is 593. The number of hydrogen-bond acceptors (Lipinski definition) is 5. The summed E-state index contributed by atoms with van der Waals surface area (Å²) in [7, 11) is 0. The van der Waals surface area contributed by atoms with Crippen LogP contribution in [0.5, 0.6) is 0 Å². The molecule has 6 nitrogen and oxygen atoms in total. The maximum absolute atomic E-state index is 11.3. The Morgan fingerprint density at radius 2 is 2.18 bits per heavy atom. The molecule has 0 saturated carbocycles. The van der Waals surface area contributed by atoms with E-state index in [1.807, 2.05) is 0 Å². The lowest BCUT2D eigenvalue weighted by Gasteiger charge is -1.97. The van der Waals surface area contributed by atoms with Gasteiger partial charge in [-0.3, -0.25) is 15.0 Å². The Balaban J connectivity index is 2.40. The number of aromatic nitrogens is 1. The number of nitrogens with two attached hydrogens (primary N) is 1. The minimum atomic E-state index is -0.360. The molecule has 2 amide bonds. The summed E-state index contributed by atoms with van der Waals surface area (Å²) in [5.74, 6) is 4.51. The number of nitrogens with zero attached hydrogens (tertiary/aromatic N) is 1. The van der Waals surface area contributed by atoms with Gasteiger partial charge in [0.1, 0.15) is 0 Å². The predicted molar refractivity (Wildman–Crippen MR) is 65.6 cm³/mol. The summed E-state index contributed by atoms with van der Waals surface area (Å²) in [5.41, 5.74) is 3.25. The summed E-state index contributed by atoms with van der Waals surface area (Å²) < 4.78 is 0.815. The molecule has 0 bridgehead atoms. The summed E-state index contributed by atoms with van der Waals surface area (Å²) in [6.07, 6.45) is 0. The van der Waals surface area contributed by atoms with Gasteiger partial charge in [0.15, 0.2) is 5.13 Å². The van der Waals surface area contributed by atoms with Gasteiger partial charge in [-0.15, -0.1) is 0 Å². The van der Waals surface area contributed by atoms with Gasteiger partial charge in [0, 0.05) is 12.5 Å². The molecule has 0 aliphatic rings.